The van der Waals surface area contributed by atoms with Gasteiger partial charge >= 0.3 is 0 Å². The van der Waals surface area contributed by atoms with Gasteiger partial charge in [-0.1, -0.05) is 60.7 Å². The van der Waals surface area contributed by atoms with Gasteiger partial charge in [0.15, 0.2) is 5.84 Å². The Balaban J connectivity index is 2.07. The molecule has 1 radical (unpaired) electrons. The van der Waals surface area contributed by atoms with E-state index < -0.39 is 0 Å². The number of hydrogen-bond acceptors (Lipinski definition) is 3. The minimum atomic E-state index is -0.0117. The fraction of sp³-hybridized carbons (Fsp3) is 0.0714. The summed E-state index contributed by atoms with van der Waals surface area (Å²) in [6, 6.07) is 20.3. The first-order chi connectivity index (χ1) is 8.95. The van der Waals surface area contributed by atoms with Crippen molar-refractivity contribution in [1.82, 2.24) is 5.53 Å². The van der Waals surface area contributed by atoms with E-state index in [-0.39, 0.29) is 5.92 Å². The van der Waals surface area contributed by atoms with Crippen molar-refractivity contribution in [1.29, 1.82) is 0 Å². The van der Waals surface area contributed by atoms with Crippen LogP contribution in [0.1, 0.15) is 17.0 Å². The van der Waals surface area contributed by atoms with Gasteiger partial charge in [0.05, 0.1) is 5.92 Å². The average molecular weight is 235 g/mol. The molecule has 87 valence electrons. The lowest BCUT2D eigenvalue weighted by molar-refractivity contribution is 0.779. The summed E-state index contributed by atoms with van der Waals surface area (Å²) < 4.78 is 0. The molecule has 4 heteroatoms. The fourth-order valence-corrected chi connectivity index (χ4v) is 2.05. The van der Waals surface area contributed by atoms with Crippen LogP contribution in [0, 0.1) is 0 Å². The van der Waals surface area contributed by atoms with E-state index in [4.69, 9.17) is 0 Å². The molecule has 18 heavy (non-hydrogen) atoms. The molecule has 0 aliphatic carbocycles. The molecule has 0 amide bonds. The molecule has 1 aliphatic heterocycles. The summed E-state index contributed by atoms with van der Waals surface area (Å²) in [6.07, 6.45) is 0. The highest BCUT2D eigenvalue weighted by atomic mass is 15.6. The molecule has 0 N–H and O–H groups in total. The van der Waals surface area contributed by atoms with Crippen LogP contribution in [0.15, 0.2) is 76.1 Å². The lowest BCUT2D eigenvalue weighted by Crippen LogP contribution is -2.11. The second-order valence-corrected chi connectivity index (χ2v) is 3.99. The zero-order valence-corrected chi connectivity index (χ0v) is 9.64. The van der Waals surface area contributed by atoms with Gasteiger partial charge in [-0.2, -0.15) is 0 Å². The normalized spacial score (nSPS) is 13.5. The highest BCUT2D eigenvalue weighted by molar-refractivity contribution is 5.92. The predicted molar refractivity (Wildman–Crippen MR) is 69.2 cm³/mol. The molecule has 0 aromatic heterocycles. The Hall–Kier alpha value is -2.49. The Morgan fingerprint density at radius 3 is 1.72 bits per heavy atom. The Bertz CT molecular complexity index is 536. The van der Waals surface area contributed by atoms with Crippen molar-refractivity contribution in [3.63, 3.8) is 0 Å². The third kappa shape index (κ3) is 2.00. The van der Waals surface area contributed by atoms with Gasteiger partial charge in [-0.05, 0) is 21.9 Å². The second kappa shape index (κ2) is 4.79. The molecule has 0 saturated carbocycles. The van der Waals surface area contributed by atoms with E-state index in [0.717, 1.165) is 11.1 Å². The zero-order valence-electron chi connectivity index (χ0n) is 9.64. The van der Waals surface area contributed by atoms with E-state index in [0.29, 0.717) is 5.84 Å². The van der Waals surface area contributed by atoms with E-state index in [2.05, 4.69) is 45.2 Å². The van der Waals surface area contributed by atoms with Crippen LogP contribution in [0.5, 0.6) is 0 Å². The van der Waals surface area contributed by atoms with Crippen molar-refractivity contribution in [3.8, 4) is 0 Å². The SMILES string of the molecule is c1ccc(C(C2=N[N]N=N2)c2ccccc2)cc1. The number of hydrogen-bond donors (Lipinski definition) is 0. The minimum Gasteiger partial charge on any atom is -0.110 e. The topological polar surface area (TPSA) is 51.2 Å². The van der Waals surface area contributed by atoms with Gasteiger partial charge in [0.25, 0.3) is 0 Å². The molecule has 0 fully saturated rings. The van der Waals surface area contributed by atoms with Crippen LogP contribution < -0.4 is 5.53 Å². The van der Waals surface area contributed by atoms with Crippen LogP contribution in [-0.2, 0) is 0 Å². The van der Waals surface area contributed by atoms with Crippen LogP contribution in [0.3, 0.4) is 0 Å². The van der Waals surface area contributed by atoms with E-state index in [1.54, 1.807) is 0 Å². The van der Waals surface area contributed by atoms with Gasteiger partial charge in [-0.25, -0.2) is 0 Å². The summed E-state index contributed by atoms with van der Waals surface area (Å²) in [6.45, 7) is 0. The monoisotopic (exact) mass is 235 g/mol. The van der Waals surface area contributed by atoms with Crippen molar-refractivity contribution in [2.45, 2.75) is 5.92 Å². The number of rotatable bonds is 3. The van der Waals surface area contributed by atoms with Crippen LogP contribution >= 0.6 is 0 Å². The molecule has 0 atom stereocenters. The zero-order chi connectivity index (χ0) is 12.2. The molecule has 2 aromatic rings. The maximum atomic E-state index is 4.00. The first-order valence-corrected chi connectivity index (χ1v) is 5.73. The smallest absolute Gasteiger partial charge is 0.110 e. The molecular weight excluding hydrogens is 224 g/mol. The number of benzene rings is 2. The molecule has 0 unspecified atom stereocenters. The first-order valence-electron chi connectivity index (χ1n) is 5.73. The van der Waals surface area contributed by atoms with Gasteiger partial charge in [-0.15, -0.1) is 10.2 Å². The molecule has 4 nitrogen and oxygen atoms in total. The van der Waals surface area contributed by atoms with Gasteiger partial charge in [0.1, 0.15) is 0 Å². The Kier molecular flexibility index (Phi) is 2.84. The molecule has 0 bridgehead atoms. The van der Waals surface area contributed by atoms with Crippen LogP contribution in [0.25, 0.3) is 0 Å². The first kappa shape index (κ1) is 10.7. The summed E-state index contributed by atoms with van der Waals surface area (Å²) in [4.78, 5) is 0. The quantitative estimate of drug-likeness (QED) is 0.785. The Labute approximate surface area is 105 Å². The number of nitrogens with zero attached hydrogens (tertiary/aromatic N) is 4. The summed E-state index contributed by atoms with van der Waals surface area (Å²) >= 11 is 0. The lowest BCUT2D eigenvalue weighted by Gasteiger charge is -2.14. The average Bonchev–Trinajstić information content (AvgIpc) is 2.95. The van der Waals surface area contributed by atoms with Crippen LogP contribution in [0.2, 0.25) is 0 Å². The van der Waals surface area contributed by atoms with E-state index in [1.807, 2.05) is 36.4 Å². The van der Waals surface area contributed by atoms with Gasteiger partial charge in [-0.3, -0.25) is 0 Å². The highest BCUT2D eigenvalue weighted by Crippen LogP contribution is 2.27. The Morgan fingerprint density at radius 1 is 0.722 bits per heavy atom. The molecule has 1 heterocycles. The van der Waals surface area contributed by atoms with Crippen LogP contribution in [0.4, 0.5) is 0 Å². The van der Waals surface area contributed by atoms with Crippen molar-refractivity contribution < 1.29 is 0 Å². The number of amidine groups is 1. The van der Waals surface area contributed by atoms with Crippen molar-refractivity contribution in [2.75, 3.05) is 0 Å². The summed E-state index contributed by atoms with van der Waals surface area (Å²) in [5, 5.41) is 11.6. The minimum absolute atomic E-state index is 0.0117. The Morgan fingerprint density at radius 2 is 1.28 bits per heavy atom. The highest BCUT2D eigenvalue weighted by Gasteiger charge is 2.23. The molecule has 0 saturated heterocycles. The van der Waals surface area contributed by atoms with Crippen molar-refractivity contribution >= 4 is 5.84 Å². The third-order valence-corrected chi connectivity index (χ3v) is 2.86. The van der Waals surface area contributed by atoms with Gasteiger partial charge in [0, 0.05) is 0 Å². The standard InChI is InChI=1S/C14H11N4/c1-3-7-11(8-4-1)13(14-15-17-18-16-14)12-9-5-2-6-10-12/h1-10,13H. The lowest BCUT2D eigenvalue weighted by atomic mass is 9.90. The molecule has 1 aliphatic rings. The third-order valence-electron chi connectivity index (χ3n) is 2.86. The predicted octanol–water partition coefficient (Wildman–Crippen LogP) is 3.12. The largest absolute Gasteiger partial charge is 0.188 e. The molecule has 2 aromatic carbocycles. The maximum Gasteiger partial charge on any atom is 0.188 e. The summed E-state index contributed by atoms with van der Waals surface area (Å²) in [5.74, 6) is 0.620. The van der Waals surface area contributed by atoms with E-state index in [1.165, 1.54) is 0 Å². The molecule has 0 spiro atoms. The summed E-state index contributed by atoms with van der Waals surface area (Å²) in [7, 11) is 0. The van der Waals surface area contributed by atoms with E-state index in [9.17, 15) is 0 Å². The van der Waals surface area contributed by atoms with Crippen molar-refractivity contribution in [2.24, 2.45) is 15.4 Å². The van der Waals surface area contributed by atoms with Gasteiger partial charge < -0.3 is 0 Å². The maximum absolute atomic E-state index is 4.00. The van der Waals surface area contributed by atoms with Gasteiger partial charge in [0.2, 0.25) is 0 Å². The summed E-state index contributed by atoms with van der Waals surface area (Å²) in [5.41, 5.74) is 5.86. The second-order valence-electron chi connectivity index (χ2n) is 3.99. The molecular formula is C14H11N4. The van der Waals surface area contributed by atoms with Crippen LogP contribution in [-0.4, -0.2) is 5.84 Å². The fourth-order valence-electron chi connectivity index (χ4n) is 2.05. The van der Waals surface area contributed by atoms with E-state index >= 15 is 0 Å². The molecule has 3 rings (SSSR count). The van der Waals surface area contributed by atoms with Crippen molar-refractivity contribution in [3.05, 3.63) is 71.8 Å².